The molecular formula is C17H21NO2. The van der Waals surface area contributed by atoms with Crippen LogP contribution in [0.15, 0.2) is 24.3 Å². The SMILES string of the molecule is CNC(=O)c1ccc(COC2C#CCCCCC2)cc1. The molecule has 1 aromatic carbocycles. The number of carbonyl (C=O) groups excluding carboxylic acids is 1. The largest absolute Gasteiger partial charge is 0.361 e. The van der Waals surface area contributed by atoms with E-state index in [4.69, 9.17) is 4.74 Å². The third-order valence-electron chi connectivity index (χ3n) is 3.43. The maximum absolute atomic E-state index is 11.4. The van der Waals surface area contributed by atoms with E-state index in [1.54, 1.807) is 7.05 Å². The Bertz CT molecular complexity index is 496. The molecule has 0 bridgehead atoms. The second kappa shape index (κ2) is 7.72. The normalized spacial score (nSPS) is 18.4. The molecule has 106 valence electrons. The molecule has 0 fully saturated rings. The summed E-state index contributed by atoms with van der Waals surface area (Å²) >= 11 is 0. The molecule has 2 rings (SSSR count). The second-order valence-electron chi connectivity index (χ2n) is 5.00. The second-order valence-corrected chi connectivity index (χ2v) is 5.00. The molecule has 3 nitrogen and oxygen atoms in total. The van der Waals surface area contributed by atoms with Crippen LogP contribution in [-0.4, -0.2) is 19.1 Å². The zero-order valence-electron chi connectivity index (χ0n) is 11.9. The van der Waals surface area contributed by atoms with E-state index >= 15 is 0 Å². The first-order valence-electron chi connectivity index (χ1n) is 7.20. The standard InChI is InChI=1S/C17H21NO2/c1-18-17(19)15-11-9-14(10-12-15)13-20-16-7-5-3-2-4-6-8-16/h9-12,16H,2-5,7,13H2,1H3,(H,18,19). The van der Waals surface area contributed by atoms with Crippen molar-refractivity contribution in [3.8, 4) is 11.8 Å². The Kier molecular flexibility index (Phi) is 5.64. The summed E-state index contributed by atoms with van der Waals surface area (Å²) in [5, 5.41) is 2.61. The van der Waals surface area contributed by atoms with Gasteiger partial charge in [-0.3, -0.25) is 4.79 Å². The number of ether oxygens (including phenoxy) is 1. The van der Waals surface area contributed by atoms with E-state index in [0.717, 1.165) is 18.4 Å². The minimum Gasteiger partial charge on any atom is -0.361 e. The summed E-state index contributed by atoms with van der Waals surface area (Å²) in [5.41, 5.74) is 1.74. The van der Waals surface area contributed by atoms with Crippen LogP contribution < -0.4 is 5.32 Å². The molecule has 1 aliphatic carbocycles. The lowest BCUT2D eigenvalue weighted by Gasteiger charge is -2.14. The highest BCUT2D eigenvalue weighted by atomic mass is 16.5. The molecule has 0 aromatic heterocycles. The lowest BCUT2D eigenvalue weighted by molar-refractivity contribution is 0.0704. The van der Waals surface area contributed by atoms with Crippen LogP contribution in [0, 0.1) is 11.8 Å². The van der Waals surface area contributed by atoms with E-state index in [9.17, 15) is 4.79 Å². The average Bonchev–Trinajstić information content (AvgIpc) is 2.46. The van der Waals surface area contributed by atoms with E-state index in [1.807, 2.05) is 24.3 Å². The molecule has 0 heterocycles. The molecule has 0 saturated carbocycles. The van der Waals surface area contributed by atoms with E-state index in [2.05, 4.69) is 17.2 Å². The summed E-state index contributed by atoms with van der Waals surface area (Å²) in [6, 6.07) is 7.50. The van der Waals surface area contributed by atoms with Gasteiger partial charge in [0, 0.05) is 19.0 Å². The highest BCUT2D eigenvalue weighted by molar-refractivity contribution is 5.93. The molecule has 1 aromatic rings. The van der Waals surface area contributed by atoms with Gasteiger partial charge < -0.3 is 10.1 Å². The number of amides is 1. The molecule has 1 aliphatic rings. The molecule has 1 unspecified atom stereocenters. The van der Waals surface area contributed by atoms with Crippen LogP contribution in [0.25, 0.3) is 0 Å². The summed E-state index contributed by atoms with van der Waals surface area (Å²) in [6.07, 6.45) is 5.70. The molecule has 1 atom stereocenters. The fourth-order valence-corrected chi connectivity index (χ4v) is 2.20. The van der Waals surface area contributed by atoms with Gasteiger partial charge >= 0.3 is 0 Å². The Morgan fingerprint density at radius 3 is 2.85 bits per heavy atom. The van der Waals surface area contributed by atoms with Gasteiger partial charge in [-0.1, -0.05) is 24.5 Å². The van der Waals surface area contributed by atoms with Crippen molar-refractivity contribution < 1.29 is 9.53 Å². The van der Waals surface area contributed by atoms with Crippen molar-refractivity contribution in [1.29, 1.82) is 0 Å². The van der Waals surface area contributed by atoms with Crippen molar-refractivity contribution in [3.63, 3.8) is 0 Å². The van der Waals surface area contributed by atoms with Gasteiger partial charge in [0.05, 0.1) is 6.61 Å². The van der Waals surface area contributed by atoms with E-state index in [-0.39, 0.29) is 12.0 Å². The lowest BCUT2D eigenvalue weighted by Crippen LogP contribution is -2.17. The number of hydrogen-bond donors (Lipinski definition) is 1. The Labute approximate surface area is 120 Å². The number of rotatable bonds is 4. The zero-order valence-corrected chi connectivity index (χ0v) is 11.9. The highest BCUT2D eigenvalue weighted by Gasteiger charge is 2.08. The van der Waals surface area contributed by atoms with Crippen LogP contribution in [0.1, 0.15) is 48.0 Å². The number of nitrogens with one attached hydrogen (secondary N) is 1. The third kappa shape index (κ3) is 4.40. The first-order valence-corrected chi connectivity index (χ1v) is 7.20. The fourth-order valence-electron chi connectivity index (χ4n) is 2.20. The number of benzene rings is 1. The minimum atomic E-state index is -0.0663. The summed E-state index contributed by atoms with van der Waals surface area (Å²) in [5.74, 6) is 6.31. The van der Waals surface area contributed by atoms with Crippen LogP contribution in [0.4, 0.5) is 0 Å². The van der Waals surface area contributed by atoms with Crippen LogP contribution in [0.2, 0.25) is 0 Å². The summed E-state index contributed by atoms with van der Waals surface area (Å²) in [7, 11) is 1.63. The Hall–Kier alpha value is -1.79. The molecule has 0 aliphatic heterocycles. The molecule has 0 radical (unpaired) electrons. The summed E-state index contributed by atoms with van der Waals surface area (Å²) in [4.78, 5) is 11.4. The molecular weight excluding hydrogens is 250 g/mol. The fraction of sp³-hybridized carbons (Fsp3) is 0.471. The van der Waals surface area contributed by atoms with Gasteiger partial charge in [0.15, 0.2) is 0 Å². The first kappa shape index (κ1) is 14.6. The molecule has 1 amide bonds. The lowest BCUT2D eigenvalue weighted by atomic mass is 10.1. The van der Waals surface area contributed by atoms with Crippen molar-refractivity contribution in [2.24, 2.45) is 0 Å². The third-order valence-corrected chi connectivity index (χ3v) is 3.43. The van der Waals surface area contributed by atoms with Crippen LogP contribution in [0.3, 0.4) is 0 Å². The molecule has 20 heavy (non-hydrogen) atoms. The summed E-state index contributed by atoms with van der Waals surface area (Å²) < 4.78 is 5.86. The predicted molar refractivity (Wildman–Crippen MR) is 79.3 cm³/mol. The van der Waals surface area contributed by atoms with Gasteiger partial charge in [-0.15, -0.1) is 5.92 Å². The monoisotopic (exact) mass is 271 g/mol. The maximum Gasteiger partial charge on any atom is 0.251 e. The van der Waals surface area contributed by atoms with Gasteiger partial charge in [0.1, 0.15) is 6.10 Å². The van der Waals surface area contributed by atoms with Gasteiger partial charge in [0.25, 0.3) is 5.91 Å². The predicted octanol–water partition coefficient (Wildman–Crippen LogP) is 2.90. The van der Waals surface area contributed by atoms with Crippen molar-refractivity contribution in [1.82, 2.24) is 5.32 Å². The van der Waals surface area contributed by atoms with Crippen molar-refractivity contribution in [2.75, 3.05) is 7.05 Å². The van der Waals surface area contributed by atoms with Gasteiger partial charge in [-0.05, 0) is 37.0 Å². The van der Waals surface area contributed by atoms with E-state index in [1.165, 1.54) is 19.3 Å². The van der Waals surface area contributed by atoms with Gasteiger partial charge in [-0.25, -0.2) is 0 Å². The molecule has 0 saturated heterocycles. The number of hydrogen-bond acceptors (Lipinski definition) is 2. The van der Waals surface area contributed by atoms with Crippen LogP contribution in [-0.2, 0) is 11.3 Å². The molecule has 3 heteroatoms. The smallest absolute Gasteiger partial charge is 0.251 e. The minimum absolute atomic E-state index is 0.0499. The molecule has 1 N–H and O–H groups in total. The van der Waals surface area contributed by atoms with Crippen molar-refractivity contribution >= 4 is 5.91 Å². The van der Waals surface area contributed by atoms with E-state index < -0.39 is 0 Å². The Morgan fingerprint density at radius 1 is 1.30 bits per heavy atom. The van der Waals surface area contributed by atoms with Crippen LogP contribution >= 0.6 is 0 Å². The highest BCUT2D eigenvalue weighted by Crippen LogP contribution is 2.13. The first-order chi connectivity index (χ1) is 9.79. The summed E-state index contributed by atoms with van der Waals surface area (Å²) in [6.45, 7) is 0.549. The van der Waals surface area contributed by atoms with E-state index in [0.29, 0.717) is 12.2 Å². The Morgan fingerprint density at radius 2 is 2.10 bits per heavy atom. The maximum atomic E-state index is 11.4. The van der Waals surface area contributed by atoms with Gasteiger partial charge in [0.2, 0.25) is 0 Å². The zero-order chi connectivity index (χ0) is 14.2. The van der Waals surface area contributed by atoms with Crippen molar-refractivity contribution in [2.45, 2.75) is 44.8 Å². The topological polar surface area (TPSA) is 38.3 Å². The van der Waals surface area contributed by atoms with Gasteiger partial charge in [-0.2, -0.15) is 0 Å². The number of carbonyl (C=O) groups is 1. The average molecular weight is 271 g/mol. The molecule has 0 spiro atoms. The Balaban J connectivity index is 1.88. The quantitative estimate of drug-likeness (QED) is 0.855. The van der Waals surface area contributed by atoms with Crippen LogP contribution in [0.5, 0.6) is 0 Å². The van der Waals surface area contributed by atoms with Crippen molar-refractivity contribution in [3.05, 3.63) is 35.4 Å².